The standard InChI is InChI=1S/C8H13NO5/c1-3-6(11)7(12)5(8(13)14-3)9-4(2)10/h3,5-7,11-12H,1-2H3,(H,9,10)/t3-,5+,6-,7-/m1/s1. The van der Waals surface area contributed by atoms with Gasteiger partial charge >= 0.3 is 5.97 Å². The Bertz CT molecular complexity index is 254. The van der Waals surface area contributed by atoms with Crippen LogP contribution in [0.5, 0.6) is 0 Å². The Labute approximate surface area is 80.9 Å². The van der Waals surface area contributed by atoms with E-state index < -0.39 is 36.2 Å². The Morgan fingerprint density at radius 2 is 2.00 bits per heavy atom. The van der Waals surface area contributed by atoms with Gasteiger partial charge in [-0.15, -0.1) is 0 Å². The molecule has 1 aliphatic rings. The third-order valence-corrected chi connectivity index (χ3v) is 2.09. The lowest BCUT2D eigenvalue weighted by Gasteiger charge is -2.34. The molecule has 14 heavy (non-hydrogen) atoms. The van der Waals surface area contributed by atoms with Gasteiger partial charge in [0.05, 0.1) is 0 Å². The van der Waals surface area contributed by atoms with Crippen LogP contribution in [-0.2, 0) is 14.3 Å². The van der Waals surface area contributed by atoms with E-state index in [1.54, 1.807) is 0 Å². The van der Waals surface area contributed by atoms with Crippen LogP contribution < -0.4 is 5.32 Å². The molecule has 6 heteroatoms. The number of cyclic esters (lactones) is 1. The van der Waals surface area contributed by atoms with E-state index in [1.807, 2.05) is 0 Å². The molecule has 80 valence electrons. The first-order valence-electron chi connectivity index (χ1n) is 4.27. The molecule has 3 N–H and O–H groups in total. The van der Waals surface area contributed by atoms with Crippen molar-refractivity contribution in [1.29, 1.82) is 0 Å². The van der Waals surface area contributed by atoms with Crippen LogP contribution in [-0.4, -0.2) is 46.4 Å². The second-order valence-corrected chi connectivity index (χ2v) is 3.30. The molecule has 0 bridgehead atoms. The monoisotopic (exact) mass is 203 g/mol. The summed E-state index contributed by atoms with van der Waals surface area (Å²) in [6.07, 6.45) is -3.26. The fraction of sp³-hybridized carbons (Fsp3) is 0.750. The summed E-state index contributed by atoms with van der Waals surface area (Å²) in [7, 11) is 0. The third-order valence-electron chi connectivity index (χ3n) is 2.09. The van der Waals surface area contributed by atoms with Gasteiger partial charge in [0.25, 0.3) is 0 Å². The lowest BCUT2D eigenvalue weighted by Crippen LogP contribution is -2.60. The maximum Gasteiger partial charge on any atom is 0.331 e. The van der Waals surface area contributed by atoms with Crippen LogP contribution >= 0.6 is 0 Å². The Morgan fingerprint density at radius 3 is 2.50 bits per heavy atom. The van der Waals surface area contributed by atoms with Crippen molar-refractivity contribution in [1.82, 2.24) is 5.32 Å². The van der Waals surface area contributed by atoms with E-state index in [2.05, 4.69) is 5.32 Å². The number of aliphatic hydroxyl groups excluding tert-OH is 2. The van der Waals surface area contributed by atoms with Crippen molar-refractivity contribution < 1.29 is 24.5 Å². The van der Waals surface area contributed by atoms with Gasteiger partial charge in [0.1, 0.15) is 18.3 Å². The summed E-state index contributed by atoms with van der Waals surface area (Å²) in [5.41, 5.74) is 0. The van der Waals surface area contributed by atoms with E-state index in [0.717, 1.165) is 0 Å². The zero-order chi connectivity index (χ0) is 10.9. The number of ether oxygens (including phenoxy) is 1. The molecule has 0 unspecified atom stereocenters. The van der Waals surface area contributed by atoms with Crippen LogP contribution in [0.2, 0.25) is 0 Å². The Morgan fingerprint density at radius 1 is 1.43 bits per heavy atom. The molecular formula is C8H13NO5. The molecule has 0 spiro atoms. The van der Waals surface area contributed by atoms with Crippen molar-refractivity contribution in [3.63, 3.8) is 0 Å². The van der Waals surface area contributed by atoms with E-state index in [4.69, 9.17) is 4.74 Å². The van der Waals surface area contributed by atoms with Crippen molar-refractivity contribution in [2.75, 3.05) is 0 Å². The Balaban J connectivity index is 2.74. The van der Waals surface area contributed by atoms with E-state index in [0.29, 0.717) is 0 Å². The van der Waals surface area contributed by atoms with Gasteiger partial charge in [0.15, 0.2) is 6.04 Å². The number of hydrogen-bond donors (Lipinski definition) is 3. The maximum absolute atomic E-state index is 11.2. The van der Waals surface area contributed by atoms with Crippen LogP contribution in [0.25, 0.3) is 0 Å². The minimum absolute atomic E-state index is 0.465. The van der Waals surface area contributed by atoms with Gasteiger partial charge in [-0.05, 0) is 6.92 Å². The number of nitrogens with one attached hydrogen (secondary N) is 1. The summed E-state index contributed by atoms with van der Waals surface area (Å²) in [4.78, 5) is 21.9. The molecule has 1 amide bonds. The Hall–Kier alpha value is -1.14. The molecule has 0 saturated carbocycles. The molecule has 0 aliphatic carbocycles. The van der Waals surface area contributed by atoms with Crippen LogP contribution in [0.4, 0.5) is 0 Å². The zero-order valence-corrected chi connectivity index (χ0v) is 7.93. The second kappa shape index (κ2) is 3.93. The molecule has 4 atom stereocenters. The number of carbonyl (C=O) groups is 2. The highest BCUT2D eigenvalue weighted by molar-refractivity contribution is 5.84. The summed E-state index contributed by atoms with van der Waals surface area (Å²) in [5, 5.41) is 21.0. The summed E-state index contributed by atoms with van der Waals surface area (Å²) in [6, 6.07) is -1.18. The number of carbonyl (C=O) groups excluding carboxylic acids is 2. The lowest BCUT2D eigenvalue weighted by atomic mass is 9.98. The van der Waals surface area contributed by atoms with Crippen molar-refractivity contribution in [3.05, 3.63) is 0 Å². The van der Waals surface area contributed by atoms with Gasteiger partial charge in [-0.1, -0.05) is 0 Å². The maximum atomic E-state index is 11.2. The molecular weight excluding hydrogens is 190 g/mol. The third kappa shape index (κ3) is 2.02. The van der Waals surface area contributed by atoms with Gasteiger partial charge in [0.2, 0.25) is 5.91 Å². The van der Waals surface area contributed by atoms with E-state index in [-0.39, 0.29) is 0 Å². The molecule has 1 fully saturated rings. The first-order chi connectivity index (χ1) is 6.43. The van der Waals surface area contributed by atoms with E-state index >= 15 is 0 Å². The number of amides is 1. The lowest BCUT2D eigenvalue weighted by molar-refractivity contribution is -0.182. The van der Waals surface area contributed by atoms with Gasteiger partial charge in [-0.2, -0.15) is 0 Å². The average Bonchev–Trinajstić information content (AvgIpc) is 2.09. The van der Waals surface area contributed by atoms with Gasteiger partial charge < -0.3 is 20.3 Å². The van der Waals surface area contributed by atoms with Crippen LogP contribution in [0.1, 0.15) is 13.8 Å². The number of hydrogen-bond acceptors (Lipinski definition) is 5. The van der Waals surface area contributed by atoms with Gasteiger partial charge in [0, 0.05) is 6.92 Å². The van der Waals surface area contributed by atoms with Crippen molar-refractivity contribution >= 4 is 11.9 Å². The summed E-state index contributed by atoms with van der Waals surface area (Å²) in [6.45, 7) is 2.68. The Kier molecular flexibility index (Phi) is 3.07. The first kappa shape index (κ1) is 10.9. The molecule has 6 nitrogen and oxygen atoms in total. The SMILES string of the molecule is CC(=O)N[C@@H]1C(=O)O[C@H](C)[C@@H](O)[C@@H]1O. The fourth-order valence-corrected chi connectivity index (χ4v) is 1.30. The molecule has 0 aromatic rings. The van der Waals surface area contributed by atoms with Crippen LogP contribution in [0.15, 0.2) is 0 Å². The predicted molar refractivity (Wildman–Crippen MR) is 45.2 cm³/mol. The number of rotatable bonds is 1. The normalized spacial score (nSPS) is 37.6. The first-order valence-corrected chi connectivity index (χ1v) is 4.27. The minimum Gasteiger partial charge on any atom is -0.458 e. The van der Waals surface area contributed by atoms with Gasteiger partial charge in [-0.25, -0.2) is 4.79 Å². The van der Waals surface area contributed by atoms with E-state index in [9.17, 15) is 19.8 Å². The second-order valence-electron chi connectivity index (χ2n) is 3.30. The predicted octanol–water partition coefficient (Wildman–Crippen LogP) is -1.84. The molecule has 1 aliphatic heterocycles. The molecule has 0 aromatic heterocycles. The highest BCUT2D eigenvalue weighted by Gasteiger charge is 2.42. The molecule has 0 radical (unpaired) electrons. The van der Waals surface area contributed by atoms with Gasteiger partial charge in [-0.3, -0.25) is 4.79 Å². The fourth-order valence-electron chi connectivity index (χ4n) is 1.30. The minimum atomic E-state index is -1.32. The zero-order valence-electron chi connectivity index (χ0n) is 7.93. The highest BCUT2D eigenvalue weighted by Crippen LogP contribution is 2.16. The molecule has 1 heterocycles. The molecule has 1 saturated heterocycles. The largest absolute Gasteiger partial charge is 0.458 e. The smallest absolute Gasteiger partial charge is 0.331 e. The number of aliphatic hydroxyl groups is 2. The van der Waals surface area contributed by atoms with Crippen LogP contribution in [0.3, 0.4) is 0 Å². The van der Waals surface area contributed by atoms with Crippen LogP contribution in [0, 0.1) is 0 Å². The highest BCUT2D eigenvalue weighted by atomic mass is 16.6. The van der Waals surface area contributed by atoms with Crippen molar-refractivity contribution in [2.24, 2.45) is 0 Å². The van der Waals surface area contributed by atoms with E-state index in [1.165, 1.54) is 13.8 Å². The average molecular weight is 203 g/mol. The quantitative estimate of drug-likeness (QED) is 0.435. The molecule has 0 aromatic carbocycles. The van der Waals surface area contributed by atoms with Crippen molar-refractivity contribution in [3.8, 4) is 0 Å². The summed E-state index contributed by atoms with van der Waals surface area (Å²) in [5.74, 6) is -1.20. The number of esters is 1. The summed E-state index contributed by atoms with van der Waals surface area (Å²) >= 11 is 0. The topological polar surface area (TPSA) is 95.9 Å². The van der Waals surface area contributed by atoms with Crippen molar-refractivity contribution in [2.45, 2.75) is 38.2 Å². The molecule has 1 rings (SSSR count). The summed E-state index contributed by atoms with van der Waals surface area (Å²) < 4.78 is 4.72.